The second-order valence-electron chi connectivity index (χ2n) is 23.3. The van der Waals surface area contributed by atoms with Crippen LogP contribution in [0.4, 0.5) is 14.5 Å². The first-order valence-electron chi connectivity index (χ1n) is 27.9. The maximum absolute atomic E-state index is 15.2. The van der Waals surface area contributed by atoms with Crippen molar-refractivity contribution >= 4 is 45.7 Å². The largest absolute Gasteiger partial charge is 0.464 e. The van der Waals surface area contributed by atoms with Gasteiger partial charge in [0.15, 0.2) is 6.39 Å². The van der Waals surface area contributed by atoms with Crippen LogP contribution in [0.25, 0.3) is 33.4 Å². The van der Waals surface area contributed by atoms with Crippen LogP contribution in [0, 0.1) is 23.2 Å². The van der Waals surface area contributed by atoms with Crippen LogP contribution in [0.15, 0.2) is 52.9 Å². The number of alkyl halides is 2. The minimum absolute atomic E-state index is 0.0571. The molecule has 8 aliphatic rings. The number of anilines is 1. The predicted octanol–water partition coefficient (Wildman–Crippen LogP) is 7.48. The number of oxazole rings is 1. The number of aromatic nitrogens is 4. The van der Waals surface area contributed by atoms with Gasteiger partial charge in [0.2, 0.25) is 5.91 Å². The topological polar surface area (TPSA) is 188 Å². The molecule has 2 N–H and O–H groups in total. The Labute approximate surface area is 456 Å². The normalized spacial score (nSPS) is 28.1. The van der Waals surface area contributed by atoms with Crippen LogP contribution in [0.2, 0.25) is 0 Å². The van der Waals surface area contributed by atoms with Crippen LogP contribution in [0.5, 0.6) is 0 Å². The van der Waals surface area contributed by atoms with E-state index in [9.17, 15) is 18.4 Å². The van der Waals surface area contributed by atoms with Gasteiger partial charge in [-0.3, -0.25) is 29.3 Å². The molecule has 2 amide bonds. The molecule has 18 nitrogen and oxygen atoms in total. The summed E-state index contributed by atoms with van der Waals surface area (Å²) < 4.78 is 67.0. The van der Waals surface area contributed by atoms with E-state index in [1.165, 1.54) is 41.8 Å². The number of hydrogen-bond donors (Lipinski definition) is 2. The number of carbonyl (C=O) groups excluding carboxylic acids is 3. The van der Waals surface area contributed by atoms with Crippen LogP contribution < -0.4 is 15.6 Å². The van der Waals surface area contributed by atoms with Crippen molar-refractivity contribution in [1.29, 1.82) is 0 Å². The van der Waals surface area contributed by atoms with Gasteiger partial charge in [-0.1, -0.05) is 26.8 Å². The van der Waals surface area contributed by atoms with E-state index in [1.807, 2.05) is 31.5 Å². The summed E-state index contributed by atoms with van der Waals surface area (Å²) in [6.45, 7) is 13.2. The molecule has 7 fully saturated rings. The number of hydrogen-bond acceptors (Lipinski definition) is 16. The Morgan fingerprint density at radius 3 is 2.55 bits per heavy atom. The highest BCUT2D eigenvalue weighted by atomic mass is 32.1. The second-order valence-corrected chi connectivity index (χ2v) is 24.2. The lowest BCUT2D eigenvalue weighted by atomic mass is 9.73. The number of nitrogens with one attached hydrogen (secondary N) is 2. The molecule has 3 saturated carbocycles. The summed E-state index contributed by atoms with van der Waals surface area (Å²) in [6, 6.07) is 6.47. The number of nitrogens with zero attached hydrogens (tertiary/aromatic N) is 7. The molecule has 9 heterocycles. The predicted molar refractivity (Wildman–Crippen MR) is 286 cm³/mol. The number of rotatable bonds is 15. The van der Waals surface area contributed by atoms with Crippen molar-refractivity contribution in [2.45, 2.75) is 134 Å². The average molecular weight is 1100 g/mol. The van der Waals surface area contributed by atoms with E-state index in [0.29, 0.717) is 63.1 Å². The van der Waals surface area contributed by atoms with Gasteiger partial charge in [0.25, 0.3) is 12.3 Å². The van der Waals surface area contributed by atoms with Gasteiger partial charge in [0, 0.05) is 110 Å². The van der Waals surface area contributed by atoms with Crippen LogP contribution in [0.1, 0.15) is 106 Å². The molecule has 7 atom stereocenters. The standard InChI is InChI=1S/C57H71F2N9O9S/c1-31-46(42-26-74-30-61-42)47(31)53(69)63-50-52(76-27-45(58)59)54-62-43(28-78-54)33-6-9-44-39(22-33)41(24-57(3,4)29-77-56(71)49-34-20-36(21-34)68(64-49)55(50)70)51(67(44)16-19-75-38-10-17-73-18-11-38)40-23-37(25-60-48(40)32(2)72-5)66-14-12-65(13-15-66)35-7-8-35/h6,9,22-23,25-26,28,30-32,34-36,38,45-47,49-50,52,64H,7-8,10-21,24,27,29H2,1-5H3,(H,63,69)/t31-,32-,34?,36?,46-,47+,49-,50-,52-/m0/s1. The Morgan fingerprint density at radius 2 is 1.82 bits per heavy atom. The first kappa shape index (κ1) is 53.2. The third-order valence-corrected chi connectivity index (χ3v) is 18.4. The smallest absolute Gasteiger partial charge is 0.325 e. The third kappa shape index (κ3) is 10.6. The second kappa shape index (κ2) is 21.9. The first-order valence-corrected chi connectivity index (χ1v) is 28.8. The van der Waals surface area contributed by atoms with E-state index in [4.69, 9.17) is 38.1 Å². The summed E-state index contributed by atoms with van der Waals surface area (Å²) >= 11 is 1.17. The molecular formula is C57H71F2N9O9S. The number of ether oxygens (including phenoxy) is 5. The Hall–Kier alpha value is -5.42. The minimum Gasteiger partial charge on any atom is -0.464 e. The van der Waals surface area contributed by atoms with E-state index in [0.717, 1.165) is 83.7 Å². The van der Waals surface area contributed by atoms with Gasteiger partial charge >= 0.3 is 5.97 Å². The number of esters is 1. The maximum atomic E-state index is 15.2. The number of carbonyl (C=O) groups is 3. The van der Waals surface area contributed by atoms with E-state index < -0.39 is 60.3 Å². The highest BCUT2D eigenvalue weighted by Gasteiger charge is 2.56. The van der Waals surface area contributed by atoms with Crippen molar-refractivity contribution in [1.82, 2.24) is 40.2 Å². The number of amides is 2. The Bertz CT molecular complexity index is 2980. The van der Waals surface area contributed by atoms with Crippen LogP contribution in [-0.2, 0) is 51.0 Å². The van der Waals surface area contributed by atoms with Gasteiger partial charge in [-0.05, 0) is 87.5 Å². The number of hydrazine groups is 1. The third-order valence-electron chi connectivity index (χ3n) is 17.5. The van der Waals surface area contributed by atoms with E-state index in [2.05, 4.69) is 62.1 Å². The fraction of sp³-hybridized carbons (Fsp3) is 0.614. The number of methoxy groups -OCH3 is 1. The van der Waals surface area contributed by atoms with Crippen LogP contribution >= 0.6 is 11.3 Å². The number of piperazine rings is 1. The van der Waals surface area contributed by atoms with Crippen molar-refractivity contribution in [3.8, 4) is 22.5 Å². The van der Waals surface area contributed by atoms with Gasteiger partial charge in [-0.2, -0.15) is 0 Å². The van der Waals surface area contributed by atoms with E-state index >= 15 is 4.79 Å². The molecule has 8 bridgehead atoms. The molecule has 1 aromatic carbocycles. The minimum atomic E-state index is -2.89. The number of halogens is 2. The highest BCUT2D eigenvalue weighted by Crippen LogP contribution is 2.54. The molecule has 21 heteroatoms. The summed E-state index contributed by atoms with van der Waals surface area (Å²) in [7, 11) is 1.70. The zero-order chi connectivity index (χ0) is 54.0. The molecular weight excluding hydrogens is 1020 g/mol. The quantitative estimate of drug-likeness (QED) is 0.0982. The highest BCUT2D eigenvalue weighted by molar-refractivity contribution is 7.10. The maximum Gasteiger partial charge on any atom is 0.325 e. The van der Waals surface area contributed by atoms with Crippen molar-refractivity contribution in [3.63, 3.8) is 0 Å². The fourth-order valence-corrected chi connectivity index (χ4v) is 13.7. The Balaban J connectivity index is 0.990. The number of pyridine rings is 1. The van der Waals surface area contributed by atoms with Gasteiger partial charge in [0.1, 0.15) is 36.1 Å². The van der Waals surface area contributed by atoms with Crippen LogP contribution in [0.3, 0.4) is 0 Å². The molecule has 0 spiro atoms. The lowest BCUT2D eigenvalue weighted by Crippen LogP contribution is -2.72. The van der Waals surface area contributed by atoms with Crippen molar-refractivity contribution in [2.24, 2.45) is 23.2 Å². The molecule has 4 saturated heterocycles. The molecule has 78 heavy (non-hydrogen) atoms. The number of thiazole rings is 1. The monoisotopic (exact) mass is 1100 g/mol. The van der Waals surface area contributed by atoms with Crippen molar-refractivity contribution in [3.05, 3.63) is 70.5 Å². The van der Waals surface area contributed by atoms with E-state index in [1.54, 1.807) is 7.11 Å². The zero-order valence-electron chi connectivity index (χ0n) is 45.0. The summed E-state index contributed by atoms with van der Waals surface area (Å²) in [4.78, 5) is 63.7. The lowest BCUT2D eigenvalue weighted by molar-refractivity contribution is -0.173. The molecule has 0 radical (unpaired) electrons. The summed E-state index contributed by atoms with van der Waals surface area (Å²) in [5.41, 5.74) is 10.1. The van der Waals surface area contributed by atoms with Crippen molar-refractivity contribution in [2.75, 3.05) is 71.2 Å². The molecule has 3 aliphatic carbocycles. The Morgan fingerprint density at radius 1 is 1.03 bits per heavy atom. The van der Waals surface area contributed by atoms with Crippen LogP contribution in [-0.4, -0.2) is 150 Å². The van der Waals surface area contributed by atoms with Gasteiger partial charge in [-0.25, -0.2) is 24.2 Å². The molecule has 4 aromatic heterocycles. The van der Waals surface area contributed by atoms with Gasteiger partial charge < -0.3 is 42.9 Å². The molecule has 0 unspecified atom stereocenters. The Kier molecular flexibility index (Phi) is 15.0. The molecule has 5 aromatic rings. The number of cyclic esters (lactones) is 1. The summed E-state index contributed by atoms with van der Waals surface area (Å²) in [5.74, 6) is -2.70. The van der Waals surface area contributed by atoms with Gasteiger partial charge in [0.05, 0.1) is 60.1 Å². The molecule has 5 aliphatic heterocycles. The molecule has 418 valence electrons. The summed E-state index contributed by atoms with van der Waals surface area (Å²) in [6.07, 6.45) is 5.83. The van der Waals surface area contributed by atoms with Gasteiger partial charge in [-0.15, -0.1) is 11.3 Å². The fourth-order valence-electron chi connectivity index (χ4n) is 12.8. The first-order chi connectivity index (χ1) is 37.7. The van der Waals surface area contributed by atoms with E-state index in [-0.39, 0.29) is 47.6 Å². The van der Waals surface area contributed by atoms with Crippen molar-refractivity contribution < 1.29 is 51.3 Å². The SMILES string of the molecule is CO[C@@H](C)c1ncc(N2CCN(C3CC3)CC2)cc1-c1c2c3cc(ccc3n1CCOC1CCOCC1)-c1csc(n1)[C@@H](OCC(F)F)[C@H](NC(=O)[C@@H]1[C@@H](C)[C@H]1c1cocn1)C(=O)N1N[C@H](C(=O)OCC(C)(C)C2)C2CC1C2. The lowest BCUT2D eigenvalue weighted by Gasteiger charge is -2.53. The summed E-state index contributed by atoms with van der Waals surface area (Å²) in [5, 5.41) is 7.35. The number of benzene rings is 1. The molecule has 13 rings (SSSR count). The average Bonchev–Trinajstić information content (AvgIpc) is 4.39. The zero-order valence-corrected chi connectivity index (χ0v) is 45.9. The number of fused-ring (bicyclic) bond motifs is 4.